The van der Waals surface area contributed by atoms with Crippen LogP contribution in [-0.4, -0.2) is 48.5 Å². The molecule has 0 fully saturated rings. The third kappa shape index (κ3) is 6.31. The van der Waals surface area contributed by atoms with Crippen LogP contribution >= 0.6 is 0 Å². The van der Waals surface area contributed by atoms with Crippen molar-refractivity contribution in [3.8, 4) is 11.1 Å². The second-order valence-corrected chi connectivity index (χ2v) is 18.3. The van der Waals surface area contributed by atoms with Gasteiger partial charge < -0.3 is 19.5 Å². The van der Waals surface area contributed by atoms with Crippen LogP contribution < -0.4 is 10.2 Å². The number of amides is 1. The van der Waals surface area contributed by atoms with E-state index in [1.165, 1.54) is 0 Å². The van der Waals surface area contributed by atoms with Gasteiger partial charge in [0.05, 0.1) is 17.3 Å². The molecule has 2 aromatic heterocycles. The first-order valence-electron chi connectivity index (χ1n) is 14.7. The molecule has 228 valence electrons. The van der Waals surface area contributed by atoms with E-state index in [1.807, 2.05) is 29.8 Å². The Morgan fingerprint density at radius 1 is 1.16 bits per heavy atom. The molecule has 1 N–H and O–H groups in total. The molecule has 1 aliphatic heterocycles. The summed E-state index contributed by atoms with van der Waals surface area (Å²) in [6.45, 7) is 14.8. The maximum atomic E-state index is 14.5. The summed E-state index contributed by atoms with van der Waals surface area (Å²) in [5, 5.41) is 7.74. The average Bonchev–Trinajstić information content (AvgIpc) is 3.56. The van der Waals surface area contributed by atoms with Crippen molar-refractivity contribution in [1.82, 2.24) is 19.7 Å². The number of hydrogen-bond acceptors (Lipinski definition) is 4. The zero-order valence-electron chi connectivity index (χ0n) is 25.9. The predicted octanol–water partition coefficient (Wildman–Crippen LogP) is 7.77. The van der Waals surface area contributed by atoms with E-state index in [1.54, 1.807) is 37.2 Å². The predicted molar refractivity (Wildman–Crippen MR) is 173 cm³/mol. The van der Waals surface area contributed by atoms with Crippen molar-refractivity contribution in [1.29, 1.82) is 0 Å². The van der Waals surface area contributed by atoms with Crippen LogP contribution in [0, 0.1) is 0 Å². The Balaban J connectivity index is 1.63. The Kier molecular flexibility index (Phi) is 8.62. The minimum atomic E-state index is -2.65. The van der Waals surface area contributed by atoms with Crippen LogP contribution in [0.25, 0.3) is 27.6 Å². The molecule has 4 aromatic rings. The molecular formula is C33H41F2N5O2Si. The SMILES string of the molecule is C=C(C)c1cc(N2CCCc3cc(-c4cnn(C)c4)c(C(F)F)cc32)cc2c(C(=O)NC)cn(COCC[Si](C)(C)C)c12. The number of ether oxygens (including phenoxy) is 1. The third-order valence-electron chi connectivity index (χ3n) is 8.05. The normalized spacial score (nSPS) is 13.6. The van der Waals surface area contributed by atoms with E-state index in [0.717, 1.165) is 57.9 Å². The van der Waals surface area contributed by atoms with Crippen LogP contribution in [0.4, 0.5) is 20.2 Å². The number of aryl methyl sites for hydroxylation is 2. The van der Waals surface area contributed by atoms with Crippen LogP contribution in [0.2, 0.25) is 25.7 Å². The zero-order valence-corrected chi connectivity index (χ0v) is 26.9. The van der Waals surface area contributed by atoms with Crippen molar-refractivity contribution in [3.05, 3.63) is 71.7 Å². The van der Waals surface area contributed by atoms with Gasteiger partial charge in [0.25, 0.3) is 12.3 Å². The molecule has 2 aromatic carbocycles. The largest absolute Gasteiger partial charge is 0.361 e. The highest BCUT2D eigenvalue weighted by atomic mass is 28.3. The van der Waals surface area contributed by atoms with Gasteiger partial charge in [0, 0.05) is 81.2 Å². The number of alkyl halides is 2. The Bertz CT molecular complexity index is 1680. The summed E-state index contributed by atoms with van der Waals surface area (Å²) in [5.74, 6) is -0.198. The Labute approximate surface area is 253 Å². The fourth-order valence-electron chi connectivity index (χ4n) is 5.77. The monoisotopic (exact) mass is 605 g/mol. The van der Waals surface area contributed by atoms with Gasteiger partial charge in [-0.15, -0.1) is 0 Å². The van der Waals surface area contributed by atoms with Gasteiger partial charge in [0.15, 0.2) is 0 Å². The lowest BCUT2D eigenvalue weighted by Gasteiger charge is -2.33. The molecule has 10 heteroatoms. The summed E-state index contributed by atoms with van der Waals surface area (Å²) in [7, 11) is 2.14. The summed E-state index contributed by atoms with van der Waals surface area (Å²) in [6, 6.07) is 8.62. The summed E-state index contributed by atoms with van der Waals surface area (Å²) in [4.78, 5) is 15.2. The number of fused-ring (bicyclic) bond motifs is 2. The van der Waals surface area contributed by atoms with E-state index in [9.17, 15) is 13.6 Å². The second-order valence-electron chi connectivity index (χ2n) is 12.6. The van der Waals surface area contributed by atoms with Crippen LogP contribution in [0.1, 0.15) is 46.8 Å². The molecule has 0 bridgehead atoms. The van der Waals surface area contributed by atoms with Gasteiger partial charge in [0.2, 0.25) is 0 Å². The molecule has 0 unspecified atom stereocenters. The molecule has 7 nitrogen and oxygen atoms in total. The first-order chi connectivity index (χ1) is 20.4. The number of rotatable bonds is 10. The van der Waals surface area contributed by atoms with Gasteiger partial charge in [0.1, 0.15) is 6.73 Å². The number of benzene rings is 2. The minimum absolute atomic E-state index is 0.0208. The number of nitrogens with one attached hydrogen (secondary N) is 1. The topological polar surface area (TPSA) is 64.3 Å². The molecule has 0 saturated heterocycles. The highest BCUT2D eigenvalue weighted by Gasteiger charge is 2.27. The van der Waals surface area contributed by atoms with E-state index in [4.69, 9.17) is 4.74 Å². The lowest BCUT2D eigenvalue weighted by Crippen LogP contribution is -2.25. The van der Waals surface area contributed by atoms with Crippen molar-refractivity contribution in [2.24, 2.45) is 7.05 Å². The average molecular weight is 606 g/mol. The van der Waals surface area contributed by atoms with Gasteiger partial charge in [-0.05, 0) is 66.8 Å². The molecule has 0 aliphatic carbocycles. The summed E-state index contributed by atoms with van der Waals surface area (Å²) >= 11 is 0. The zero-order chi connectivity index (χ0) is 31.1. The maximum Gasteiger partial charge on any atom is 0.264 e. The van der Waals surface area contributed by atoms with Gasteiger partial charge in [-0.25, -0.2) is 8.78 Å². The number of aromatic nitrogens is 3. The Morgan fingerprint density at radius 2 is 1.93 bits per heavy atom. The molecule has 43 heavy (non-hydrogen) atoms. The minimum Gasteiger partial charge on any atom is -0.361 e. The van der Waals surface area contributed by atoms with Gasteiger partial charge >= 0.3 is 0 Å². The molecule has 5 rings (SSSR count). The molecule has 0 radical (unpaired) electrons. The highest BCUT2D eigenvalue weighted by molar-refractivity contribution is 6.76. The van der Waals surface area contributed by atoms with Crippen LogP contribution in [0.15, 0.2) is 49.4 Å². The lowest BCUT2D eigenvalue weighted by atomic mass is 9.92. The van der Waals surface area contributed by atoms with E-state index in [-0.39, 0.29) is 11.5 Å². The van der Waals surface area contributed by atoms with Gasteiger partial charge in [-0.2, -0.15) is 5.10 Å². The van der Waals surface area contributed by atoms with E-state index >= 15 is 0 Å². The molecule has 3 heterocycles. The molecule has 1 aliphatic rings. The summed E-state index contributed by atoms with van der Waals surface area (Å²) in [5.41, 5.74) is 6.91. The van der Waals surface area contributed by atoms with E-state index < -0.39 is 14.5 Å². The molecule has 0 saturated carbocycles. The number of nitrogens with zero attached hydrogens (tertiary/aromatic N) is 4. The van der Waals surface area contributed by atoms with Gasteiger partial charge in [-0.1, -0.05) is 26.2 Å². The van der Waals surface area contributed by atoms with Crippen molar-refractivity contribution >= 4 is 41.8 Å². The van der Waals surface area contributed by atoms with E-state index in [2.05, 4.69) is 47.6 Å². The quantitative estimate of drug-likeness (QED) is 0.148. The maximum absolute atomic E-state index is 14.5. The second kappa shape index (κ2) is 12.1. The summed E-state index contributed by atoms with van der Waals surface area (Å²) < 4.78 is 38.6. The standard InChI is InChI=1S/C33H41F2N5O2Si/c1-21(2)25-14-24(15-27-29(33(41)36-3)19-39(31(25)27)20-42-11-12-43(5,6)7)40-10-8-9-22-13-26(23-17-37-38(4)18-23)28(32(34)35)16-30(22)40/h13-19,32H,1,8-12,20H2,2-7H3,(H,36,41). The number of carbonyl (C=O) groups excluding carboxylic acids is 1. The Hall–Kier alpha value is -3.76. The number of carbonyl (C=O) groups is 1. The molecule has 0 spiro atoms. The number of anilines is 2. The van der Waals surface area contributed by atoms with E-state index in [0.29, 0.717) is 36.6 Å². The Morgan fingerprint density at radius 3 is 2.56 bits per heavy atom. The third-order valence-corrected chi connectivity index (χ3v) is 9.75. The van der Waals surface area contributed by atoms with Crippen molar-refractivity contribution in [3.63, 3.8) is 0 Å². The van der Waals surface area contributed by atoms with Gasteiger partial charge in [-0.3, -0.25) is 9.48 Å². The fourth-order valence-corrected chi connectivity index (χ4v) is 6.53. The highest BCUT2D eigenvalue weighted by Crippen LogP contribution is 2.43. The molecule has 0 atom stereocenters. The first kappa shape index (κ1) is 30.7. The lowest BCUT2D eigenvalue weighted by molar-refractivity contribution is 0.0896. The van der Waals surface area contributed by atoms with Crippen molar-refractivity contribution in [2.75, 3.05) is 25.1 Å². The number of allylic oxidation sites excluding steroid dienone is 1. The fraction of sp³-hybridized carbons (Fsp3) is 0.394. The number of halogens is 2. The first-order valence-corrected chi connectivity index (χ1v) is 18.4. The van der Waals surface area contributed by atoms with Crippen molar-refractivity contribution in [2.45, 2.75) is 58.6 Å². The summed E-state index contributed by atoms with van der Waals surface area (Å²) in [6.07, 6.45) is 4.23. The van der Waals surface area contributed by atoms with Crippen LogP contribution in [0.3, 0.4) is 0 Å². The van der Waals surface area contributed by atoms with Crippen molar-refractivity contribution < 1.29 is 18.3 Å². The smallest absolute Gasteiger partial charge is 0.264 e. The van der Waals surface area contributed by atoms with Crippen LogP contribution in [-0.2, 0) is 24.9 Å². The molecular weight excluding hydrogens is 564 g/mol. The molecule has 1 amide bonds. The number of hydrogen-bond donors (Lipinski definition) is 1. The van der Waals surface area contributed by atoms with Crippen LogP contribution in [0.5, 0.6) is 0 Å².